The lowest BCUT2D eigenvalue weighted by molar-refractivity contribution is 0.0827. The van der Waals surface area contributed by atoms with Gasteiger partial charge in [0.05, 0.1) is 6.61 Å². The van der Waals surface area contributed by atoms with Crippen LogP contribution in [0.25, 0.3) is 0 Å². The van der Waals surface area contributed by atoms with E-state index < -0.39 is 0 Å². The second kappa shape index (κ2) is 12.5. The molecule has 30 heavy (non-hydrogen) atoms. The summed E-state index contributed by atoms with van der Waals surface area (Å²) in [5, 5.41) is 6.57. The van der Waals surface area contributed by atoms with Crippen molar-refractivity contribution in [3.05, 3.63) is 65.5 Å². The number of hydrogen-bond acceptors (Lipinski definition) is 3. The second-order valence-corrected chi connectivity index (χ2v) is 7.09. The molecule has 1 amide bonds. The van der Waals surface area contributed by atoms with Crippen LogP contribution in [0.1, 0.15) is 28.8 Å². The van der Waals surface area contributed by atoms with E-state index in [1.54, 1.807) is 38.2 Å². The number of carbonyl (C=O) groups is 1. The van der Waals surface area contributed by atoms with Crippen LogP contribution in [0.15, 0.2) is 53.5 Å². The zero-order valence-electron chi connectivity index (χ0n) is 18.0. The van der Waals surface area contributed by atoms with E-state index in [0.717, 1.165) is 37.3 Å². The van der Waals surface area contributed by atoms with Crippen LogP contribution in [0.5, 0.6) is 5.75 Å². The Morgan fingerprint density at radius 2 is 1.80 bits per heavy atom. The van der Waals surface area contributed by atoms with E-state index in [9.17, 15) is 9.18 Å². The van der Waals surface area contributed by atoms with Crippen LogP contribution >= 0.6 is 0 Å². The molecule has 7 heteroatoms. The molecule has 0 aliphatic heterocycles. The maximum absolute atomic E-state index is 12.9. The lowest BCUT2D eigenvalue weighted by atomic mass is 10.1. The van der Waals surface area contributed by atoms with Crippen molar-refractivity contribution in [2.24, 2.45) is 4.99 Å². The Kier molecular flexibility index (Phi) is 9.64. The molecule has 0 fully saturated rings. The van der Waals surface area contributed by atoms with Crippen LogP contribution in [0, 0.1) is 5.82 Å². The Bertz CT molecular complexity index is 822. The molecule has 0 radical (unpaired) electrons. The molecule has 0 saturated carbocycles. The first-order valence-corrected chi connectivity index (χ1v) is 10.1. The van der Waals surface area contributed by atoms with Crippen molar-refractivity contribution in [3.8, 4) is 5.75 Å². The summed E-state index contributed by atoms with van der Waals surface area (Å²) in [7, 11) is 5.24. The largest absolute Gasteiger partial charge is 0.494 e. The lowest BCUT2D eigenvalue weighted by Gasteiger charge is -2.13. The molecule has 0 unspecified atom stereocenters. The average Bonchev–Trinajstić information content (AvgIpc) is 2.75. The highest BCUT2D eigenvalue weighted by Crippen LogP contribution is 2.11. The third-order valence-electron chi connectivity index (χ3n) is 4.46. The monoisotopic (exact) mass is 414 g/mol. The lowest BCUT2D eigenvalue weighted by Crippen LogP contribution is -2.38. The number of nitrogens with zero attached hydrogens (tertiary/aromatic N) is 2. The summed E-state index contributed by atoms with van der Waals surface area (Å²) < 4.78 is 18.4. The number of benzene rings is 2. The molecule has 2 aromatic carbocycles. The first-order valence-electron chi connectivity index (χ1n) is 10.1. The Hall–Kier alpha value is -3.09. The predicted octanol–water partition coefficient (Wildman–Crippen LogP) is 3.09. The molecule has 0 aliphatic rings. The molecular formula is C23H31FN4O2. The van der Waals surface area contributed by atoms with Gasteiger partial charge >= 0.3 is 0 Å². The van der Waals surface area contributed by atoms with Gasteiger partial charge in [-0.1, -0.05) is 12.1 Å². The second-order valence-electron chi connectivity index (χ2n) is 7.09. The predicted molar refractivity (Wildman–Crippen MR) is 119 cm³/mol. The third-order valence-corrected chi connectivity index (χ3v) is 4.46. The van der Waals surface area contributed by atoms with Crippen LogP contribution in [0.2, 0.25) is 0 Å². The van der Waals surface area contributed by atoms with Gasteiger partial charge < -0.3 is 20.3 Å². The van der Waals surface area contributed by atoms with Crippen molar-refractivity contribution in [1.82, 2.24) is 15.5 Å². The van der Waals surface area contributed by atoms with E-state index in [1.165, 1.54) is 12.1 Å². The van der Waals surface area contributed by atoms with Crippen molar-refractivity contribution in [2.75, 3.05) is 40.8 Å². The standard InChI is InChI=1S/C23H31FN4O2/c1-25-23(26-14-4-5-16-30-21-11-9-20(24)10-12-21)27-15-13-18-7-6-8-19(17-18)22(29)28(2)3/h6-12,17H,4-5,13-16H2,1-3H3,(H2,25,26,27). The normalized spacial score (nSPS) is 11.1. The van der Waals surface area contributed by atoms with Gasteiger partial charge in [-0.3, -0.25) is 9.79 Å². The zero-order chi connectivity index (χ0) is 21.8. The first-order chi connectivity index (χ1) is 14.5. The summed E-state index contributed by atoms with van der Waals surface area (Å²) in [6.45, 7) is 2.08. The molecular weight excluding hydrogens is 383 g/mol. The smallest absolute Gasteiger partial charge is 0.253 e. The van der Waals surface area contributed by atoms with Gasteiger partial charge in [0.2, 0.25) is 0 Å². The maximum atomic E-state index is 12.9. The van der Waals surface area contributed by atoms with E-state index in [1.807, 2.05) is 24.3 Å². The van der Waals surface area contributed by atoms with Gasteiger partial charge in [0.25, 0.3) is 5.91 Å². The van der Waals surface area contributed by atoms with Gasteiger partial charge in [-0.25, -0.2) is 4.39 Å². The topological polar surface area (TPSA) is 66.0 Å². The van der Waals surface area contributed by atoms with Crippen molar-refractivity contribution in [1.29, 1.82) is 0 Å². The summed E-state index contributed by atoms with van der Waals surface area (Å²) in [6, 6.07) is 13.7. The number of hydrogen-bond donors (Lipinski definition) is 2. The van der Waals surface area contributed by atoms with Crippen LogP contribution in [-0.4, -0.2) is 57.6 Å². The first kappa shape index (κ1) is 23.2. The van der Waals surface area contributed by atoms with Crippen molar-refractivity contribution in [2.45, 2.75) is 19.3 Å². The van der Waals surface area contributed by atoms with E-state index >= 15 is 0 Å². The molecule has 0 saturated heterocycles. The summed E-state index contributed by atoms with van der Waals surface area (Å²) in [5.41, 5.74) is 1.80. The van der Waals surface area contributed by atoms with Crippen LogP contribution in [0.4, 0.5) is 4.39 Å². The minimum absolute atomic E-state index is 0.00527. The number of halogens is 1. The van der Waals surface area contributed by atoms with Gasteiger partial charge in [-0.15, -0.1) is 0 Å². The zero-order valence-corrected chi connectivity index (χ0v) is 18.0. The van der Waals surface area contributed by atoms with Crippen molar-refractivity contribution < 1.29 is 13.9 Å². The number of aliphatic imine (C=N–C) groups is 1. The Morgan fingerprint density at radius 3 is 2.50 bits per heavy atom. The number of carbonyl (C=O) groups excluding carboxylic acids is 1. The quantitative estimate of drug-likeness (QED) is 0.356. The molecule has 0 bridgehead atoms. The summed E-state index contributed by atoms with van der Waals surface area (Å²) in [5.74, 6) is 1.17. The Balaban J connectivity index is 1.62. The Morgan fingerprint density at radius 1 is 1.07 bits per heavy atom. The van der Waals surface area contributed by atoms with E-state index in [-0.39, 0.29) is 11.7 Å². The molecule has 0 heterocycles. The van der Waals surface area contributed by atoms with Gasteiger partial charge in [0, 0.05) is 39.8 Å². The molecule has 0 spiro atoms. The highest BCUT2D eigenvalue weighted by Gasteiger charge is 2.08. The van der Waals surface area contributed by atoms with Gasteiger partial charge in [0.1, 0.15) is 11.6 Å². The molecule has 2 rings (SSSR count). The number of guanidine groups is 1. The molecule has 6 nitrogen and oxygen atoms in total. The number of ether oxygens (including phenoxy) is 1. The molecule has 0 aliphatic carbocycles. The molecule has 0 aromatic heterocycles. The minimum atomic E-state index is -0.264. The molecule has 0 atom stereocenters. The molecule has 162 valence electrons. The fourth-order valence-corrected chi connectivity index (χ4v) is 2.82. The average molecular weight is 415 g/mol. The SMILES string of the molecule is CN=C(NCCCCOc1ccc(F)cc1)NCCc1cccc(C(=O)N(C)C)c1. The molecule has 2 aromatic rings. The van der Waals surface area contributed by atoms with E-state index in [0.29, 0.717) is 24.5 Å². The van der Waals surface area contributed by atoms with Gasteiger partial charge in [0.15, 0.2) is 5.96 Å². The van der Waals surface area contributed by atoms with Crippen LogP contribution in [0.3, 0.4) is 0 Å². The summed E-state index contributed by atoms with van der Waals surface area (Å²) >= 11 is 0. The van der Waals surface area contributed by atoms with Gasteiger partial charge in [-0.2, -0.15) is 0 Å². The van der Waals surface area contributed by atoms with E-state index in [4.69, 9.17) is 4.74 Å². The Labute approximate surface area is 178 Å². The minimum Gasteiger partial charge on any atom is -0.494 e. The number of nitrogens with one attached hydrogen (secondary N) is 2. The summed E-state index contributed by atoms with van der Waals surface area (Å²) in [4.78, 5) is 17.9. The van der Waals surface area contributed by atoms with Crippen LogP contribution < -0.4 is 15.4 Å². The van der Waals surface area contributed by atoms with Crippen molar-refractivity contribution in [3.63, 3.8) is 0 Å². The number of amides is 1. The van der Waals surface area contributed by atoms with E-state index in [2.05, 4.69) is 15.6 Å². The molecule has 2 N–H and O–H groups in total. The van der Waals surface area contributed by atoms with Crippen LogP contribution in [-0.2, 0) is 6.42 Å². The fourth-order valence-electron chi connectivity index (χ4n) is 2.82. The van der Waals surface area contributed by atoms with Gasteiger partial charge in [-0.05, 0) is 61.2 Å². The van der Waals surface area contributed by atoms with Crippen molar-refractivity contribution >= 4 is 11.9 Å². The highest BCUT2D eigenvalue weighted by molar-refractivity contribution is 5.94. The number of rotatable bonds is 10. The summed E-state index contributed by atoms with van der Waals surface area (Å²) in [6.07, 6.45) is 2.60. The maximum Gasteiger partial charge on any atom is 0.253 e. The fraction of sp³-hybridized carbons (Fsp3) is 0.391. The third kappa shape index (κ3) is 8.11. The number of unbranched alkanes of at least 4 members (excludes halogenated alkanes) is 1. The highest BCUT2D eigenvalue weighted by atomic mass is 19.1.